The first kappa shape index (κ1) is 12.8. The Bertz CT molecular complexity index is 196. The van der Waals surface area contributed by atoms with Gasteiger partial charge in [-0.3, -0.25) is 0 Å². The zero-order chi connectivity index (χ0) is 11.5. The molecule has 0 amide bonds. The molecule has 90 valence electrons. The van der Waals surface area contributed by atoms with E-state index in [-0.39, 0.29) is 12.1 Å². The van der Waals surface area contributed by atoms with Crippen molar-refractivity contribution in [3.8, 4) is 0 Å². The summed E-state index contributed by atoms with van der Waals surface area (Å²) in [5.41, 5.74) is 0. The van der Waals surface area contributed by atoms with Crippen LogP contribution in [0, 0.1) is 0 Å². The highest BCUT2D eigenvalue weighted by atomic mass is 19.4. The molecule has 15 heavy (non-hydrogen) atoms. The zero-order valence-corrected chi connectivity index (χ0v) is 9.10. The molecule has 0 spiro atoms. The first-order chi connectivity index (χ1) is 6.95. The van der Waals surface area contributed by atoms with Crippen molar-refractivity contribution in [3.63, 3.8) is 0 Å². The molecule has 0 aromatic rings. The number of nitrogens with one attached hydrogen (secondary N) is 1. The topological polar surface area (TPSA) is 21.3 Å². The highest BCUT2D eigenvalue weighted by molar-refractivity contribution is 4.82. The van der Waals surface area contributed by atoms with Gasteiger partial charge >= 0.3 is 6.18 Å². The highest BCUT2D eigenvalue weighted by Gasteiger charge is 2.40. The van der Waals surface area contributed by atoms with Crippen LogP contribution in [0.4, 0.5) is 13.2 Å². The molecule has 0 bridgehead atoms. The molecule has 5 heteroatoms. The molecule has 3 atom stereocenters. The Morgan fingerprint density at radius 1 is 1.27 bits per heavy atom. The number of rotatable bonds is 3. The monoisotopic (exact) mass is 225 g/mol. The van der Waals surface area contributed by atoms with Crippen LogP contribution in [0.5, 0.6) is 0 Å². The van der Waals surface area contributed by atoms with Crippen LogP contribution in [0.1, 0.15) is 32.6 Å². The number of hydrogen-bond acceptors (Lipinski definition) is 2. The van der Waals surface area contributed by atoms with Crippen LogP contribution in [0.3, 0.4) is 0 Å². The average molecular weight is 225 g/mol. The van der Waals surface area contributed by atoms with Gasteiger partial charge in [0.2, 0.25) is 0 Å². The van der Waals surface area contributed by atoms with Crippen LogP contribution < -0.4 is 5.32 Å². The number of halogens is 3. The van der Waals surface area contributed by atoms with E-state index in [1.54, 1.807) is 7.05 Å². The lowest BCUT2D eigenvalue weighted by Gasteiger charge is -2.33. The van der Waals surface area contributed by atoms with Gasteiger partial charge in [0.15, 0.2) is 6.10 Å². The highest BCUT2D eigenvalue weighted by Crippen LogP contribution is 2.28. The summed E-state index contributed by atoms with van der Waals surface area (Å²) in [7, 11) is 1.77. The summed E-state index contributed by atoms with van der Waals surface area (Å²) in [6.07, 6.45) is -2.61. The summed E-state index contributed by atoms with van der Waals surface area (Å²) in [4.78, 5) is 0. The Labute approximate surface area is 88.2 Å². The van der Waals surface area contributed by atoms with Crippen molar-refractivity contribution in [2.45, 2.75) is 57.0 Å². The fraction of sp³-hybridized carbons (Fsp3) is 1.00. The van der Waals surface area contributed by atoms with Gasteiger partial charge in [0.05, 0.1) is 6.10 Å². The molecule has 1 saturated carbocycles. The summed E-state index contributed by atoms with van der Waals surface area (Å²) >= 11 is 0. The SMILES string of the molecule is CNC1CCCCC1OC(C)C(F)(F)F. The van der Waals surface area contributed by atoms with Crippen LogP contribution in [0.2, 0.25) is 0 Å². The van der Waals surface area contributed by atoms with Gasteiger partial charge in [-0.05, 0) is 26.8 Å². The van der Waals surface area contributed by atoms with Crippen molar-refractivity contribution < 1.29 is 17.9 Å². The quantitative estimate of drug-likeness (QED) is 0.796. The maximum absolute atomic E-state index is 12.3. The minimum atomic E-state index is -4.25. The smallest absolute Gasteiger partial charge is 0.364 e. The molecule has 0 aromatic heterocycles. The van der Waals surface area contributed by atoms with E-state index in [4.69, 9.17) is 4.74 Å². The molecule has 1 N–H and O–H groups in total. The van der Waals surface area contributed by atoms with Crippen molar-refractivity contribution in [3.05, 3.63) is 0 Å². The molecule has 0 radical (unpaired) electrons. The third-order valence-corrected chi connectivity index (χ3v) is 2.91. The molecule has 2 nitrogen and oxygen atoms in total. The van der Waals surface area contributed by atoms with Gasteiger partial charge in [-0.1, -0.05) is 12.8 Å². The van der Waals surface area contributed by atoms with Crippen molar-refractivity contribution in [2.75, 3.05) is 7.05 Å². The summed E-state index contributed by atoms with van der Waals surface area (Å²) < 4.78 is 41.9. The summed E-state index contributed by atoms with van der Waals surface area (Å²) in [6.45, 7) is 1.07. The summed E-state index contributed by atoms with van der Waals surface area (Å²) in [5, 5.41) is 3.02. The van der Waals surface area contributed by atoms with Crippen molar-refractivity contribution in [1.29, 1.82) is 0 Å². The van der Waals surface area contributed by atoms with Gasteiger partial charge in [0.1, 0.15) is 0 Å². The van der Waals surface area contributed by atoms with Crippen LogP contribution >= 0.6 is 0 Å². The van der Waals surface area contributed by atoms with E-state index >= 15 is 0 Å². The van der Waals surface area contributed by atoms with Gasteiger partial charge in [0, 0.05) is 6.04 Å². The summed E-state index contributed by atoms with van der Waals surface area (Å²) in [5.74, 6) is 0. The fourth-order valence-electron chi connectivity index (χ4n) is 1.93. The predicted molar refractivity (Wildman–Crippen MR) is 51.7 cm³/mol. The second-order valence-corrected chi connectivity index (χ2v) is 4.04. The van der Waals surface area contributed by atoms with E-state index in [0.717, 1.165) is 26.2 Å². The van der Waals surface area contributed by atoms with Crippen molar-refractivity contribution in [1.82, 2.24) is 5.32 Å². The Balaban J connectivity index is 2.48. The average Bonchev–Trinajstić information content (AvgIpc) is 2.17. The largest absolute Gasteiger partial charge is 0.414 e. The normalized spacial score (nSPS) is 30.2. The van der Waals surface area contributed by atoms with E-state index in [9.17, 15) is 13.2 Å². The Kier molecular flexibility index (Phi) is 4.40. The number of hydrogen-bond donors (Lipinski definition) is 1. The Morgan fingerprint density at radius 2 is 1.87 bits per heavy atom. The lowest BCUT2D eigenvalue weighted by molar-refractivity contribution is -0.231. The standard InChI is InChI=1S/C10H18F3NO/c1-7(10(11,12)13)15-9-6-4-3-5-8(9)14-2/h7-9,14H,3-6H2,1-2H3. The van der Waals surface area contributed by atoms with Gasteiger partial charge in [-0.25, -0.2) is 0 Å². The van der Waals surface area contributed by atoms with Gasteiger partial charge < -0.3 is 10.1 Å². The maximum atomic E-state index is 12.3. The third kappa shape index (κ3) is 3.65. The van der Waals surface area contributed by atoms with E-state index < -0.39 is 12.3 Å². The molecule has 1 rings (SSSR count). The van der Waals surface area contributed by atoms with E-state index in [1.807, 2.05) is 0 Å². The molecule has 0 aromatic carbocycles. The lowest BCUT2D eigenvalue weighted by atomic mass is 9.92. The first-order valence-electron chi connectivity index (χ1n) is 5.34. The maximum Gasteiger partial charge on any atom is 0.414 e. The molecule has 1 aliphatic carbocycles. The van der Waals surface area contributed by atoms with Crippen LogP contribution in [0.25, 0.3) is 0 Å². The second-order valence-electron chi connectivity index (χ2n) is 4.04. The fourth-order valence-corrected chi connectivity index (χ4v) is 1.93. The van der Waals surface area contributed by atoms with Gasteiger partial charge in [0.25, 0.3) is 0 Å². The van der Waals surface area contributed by atoms with E-state index in [2.05, 4.69) is 5.32 Å². The first-order valence-corrected chi connectivity index (χ1v) is 5.34. The summed E-state index contributed by atoms with van der Waals surface area (Å²) in [6, 6.07) is 0.0588. The molecule has 0 heterocycles. The molecule has 0 aliphatic heterocycles. The molecule has 0 saturated heterocycles. The number of ether oxygens (including phenoxy) is 1. The van der Waals surface area contributed by atoms with E-state index in [1.165, 1.54) is 0 Å². The van der Waals surface area contributed by atoms with Crippen LogP contribution in [-0.2, 0) is 4.74 Å². The van der Waals surface area contributed by atoms with Crippen molar-refractivity contribution in [2.24, 2.45) is 0 Å². The van der Waals surface area contributed by atoms with Gasteiger partial charge in [-0.2, -0.15) is 13.2 Å². The minimum Gasteiger partial charge on any atom is -0.364 e. The Morgan fingerprint density at radius 3 is 2.40 bits per heavy atom. The minimum absolute atomic E-state index is 0.0588. The van der Waals surface area contributed by atoms with Gasteiger partial charge in [-0.15, -0.1) is 0 Å². The second kappa shape index (κ2) is 5.16. The third-order valence-electron chi connectivity index (χ3n) is 2.91. The van der Waals surface area contributed by atoms with Crippen LogP contribution in [0.15, 0.2) is 0 Å². The lowest BCUT2D eigenvalue weighted by Crippen LogP contribution is -2.45. The predicted octanol–water partition coefficient (Wildman–Crippen LogP) is 2.48. The van der Waals surface area contributed by atoms with Crippen molar-refractivity contribution >= 4 is 0 Å². The number of likely N-dealkylation sites (N-methyl/N-ethyl adjacent to an activating group) is 1. The molecular weight excluding hydrogens is 207 g/mol. The molecule has 3 unspecified atom stereocenters. The Hall–Kier alpha value is -0.290. The molecule has 1 fully saturated rings. The zero-order valence-electron chi connectivity index (χ0n) is 9.10. The van der Waals surface area contributed by atoms with E-state index in [0.29, 0.717) is 6.42 Å². The molecule has 1 aliphatic rings. The van der Waals surface area contributed by atoms with Crippen LogP contribution in [-0.4, -0.2) is 31.5 Å². The molecular formula is C10H18F3NO. The number of alkyl halides is 3.